The average Bonchev–Trinajstić information content (AvgIpc) is 2.43. The topological polar surface area (TPSA) is 12.0 Å². The summed E-state index contributed by atoms with van der Waals surface area (Å²) in [4.78, 5) is 0. The highest BCUT2D eigenvalue weighted by molar-refractivity contribution is 6.31. The molecular weight excluding hydrogens is 261 g/mol. The minimum atomic E-state index is -0.256. The van der Waals surface area contributed by atoms with Gasteiger partial charge in [-0.2, -0.15) is 0 Å². The number of rotatable bonds is 5. The van der Waals surface area contributed by atoms with Crippen molar-refractivity contribution in [2.75, 3.05) is 0 Å². The second-order valence-electron chi connectivity index (χ2n) is 4.51. The Hall–Kier alpha value is -1.38. The van der Waals surface area contributed by atoms with Gasteiger partial charge >= 0.3 is 0 Å². The van der Waals surface area contributed by atoms with E-state index in [9.17, 15) is 4.39 Å². The van der Waals surface area contributed by atoms with E-state index in [2.05, 4.69) is 36.5 Å². The summed E-state index contributed by atoms with van der Waals surface area (Å²) in [5.41, 5.74) is 3.33. The summed E-state index contributed by atoms with van der Waals surface area (Å²) in [5.74, 6) is -0.256. The van der Waals surface area contributed by atoms with Gasteiger partial charge in [0.05, 0.1) is 0 Å². The molecule has 2 aromatic rings. The average molecular weight is 278 g/mol. The van der Waals surface area contributed by atoms with Crippen molar-refractivity contribution in [3.8, 4) is 0 Å². The van der Waals surface area contributed by atoms with Gasteiger partial charge in [-0.15, -0.1) is 0 Å². The summed E-state index contributed by atoms with van der Waals surface area (Å²) in [6.07, 6.45) is 1.05. The normalized spacial score (nSPS) is 10.7. The third-order valence-electron chi connectivity index (χ3n) is 3.08. The molecular formula is C16H17ClFN. The molecule has 0 heterocycles. The first-order valence-corrected chi connectivity index (χ1v) is 6.79. The van der Waals surface area contributed by atoms with Crippen molar-refractivity contribution in [3.05, 3.63) is 70.0 Å². The minimum absolute atomic E-state index is 0.256. The predicted octanol–water partition coefficient (Wildman–Crippen LogP) is 4.33. The molecule has 0 spiro atoms. The maximum atomic E-state index is 13.1. The van der Waals surface area contributed by atoms with E-state index in [1.807, 2.05) is 0 Å². The first kappa shape index (κ1) is 14.0. The van der Waals surface area contributed by atoms with Gasteiger partial charge in [-0.05, 0) is 41.3 Å². The molecule has 0 unspecified atom stereocenters. The molecule has 0 fully saturated rings. The molecule has 1 nitrogen and oxygen atoms in total. The molecule has 19 heavy (non-hydrogen) atoms. The first-order valence-electron chi connectivity index (χ1n) is 6.41. The molecule has 100 valence electrons. The largest absolute Gasteiger partial charge is 0.309 e. The molecule has 0 radical (unpaired) electrons. The van der Waals surface area contributed by atoms with Gasteiger partial charge < -0.3 is 5.32 Å². The zero-order valence-corrected chi connectivity index (χ0v) is 11.7. The highest BCUT2D eigenvalue weighted by Crippen LogP contribution is 2.16. The van der Waals surface area contributed by atoms with E-state index in [1.54, 1.807) is 6.07 Å². The van der Waals surface area contributed by atoms with E-state index >= 15 is 0 Å². The zero-order valence-electron chi connectivity index (χ0n) is 10.9. The van der Waals surface area contributed by atoms with Gasteiger partial charge in [0.25, 0.3) is 0 Å². The van der Waals surface area contributed by atoms with Crippen molar-refractivity contribution in [3.63, 3.8) is 0 Å². The molecule has 0 bridgehead atoms. The molecule has 0 atom stereocenters. The number of hydrogen-bond donors (Lipinski definition) is 1. The maximum Gasteiger partial charge on any atom is 0.123 e. The van der Waals surface area contributed by atoms with E-state index in [1.165, 1.54) is 23.3 Å². The third-order valence-corrected chi connectivity index (χ3v) is 3.45. The summed E-state index contributed by atoms with van der Waals surface area (Å²) >= 11 is 6.01. The lowest BCUT2D eigenvalue weighted by Crippen LogP contribution is -2.13. The maximum absolute atomic E-state index is 13.1. The predicted molar refractivity (Wildman–Crippen MR) is 77.8 cm³/mol. The molecule has 0 aromatic heterocycles. The smallest absolute Gasteiger partial charge is 0.123 e. The Morgan fingerprint density at radius 2 is 1.68 bits per heavy atom. The fraction of sp³-hybridized carbons (Fsp3) is 0.250. The van der Waals surface area contributed by atoms with Crippen molar-refractivity contribution in [2.45, 2.75) is 26.4 Å². The van der Waals surface area contributed by atoms with Gasteiger partial charge in [-0.1, -0.05) is 42.8 Å². The van der Waals surface area contributed by atoms with E-state index in [0.29, 0.717) is 11.6 Å². The lowest BCUT2D eigenvalue weighted by Gasteiger charge is -2.07. The number of hydrogen-bond acceptors (Lipinski definition) is 1. The van der Waals surface area contributed by atoms with Crippen LogP contribution in [0.3, 0.4) is 0 Å². The molecule has 0 aliphatic heterocycles. The summed E-state index contributed by atoms with van der Waals surface area (Å²) in [5, 5.41) is 3.87. The zero-order chi connectivity index (χ0) is 13.7. The second kappa shape index (κ2) is 6.69. The Kier molecular flexibility index (Phi) is 4.94. The summed E-state index contributed by atoms with van der Waals surface area (Å²) < 4.78 is 13.1. The van der Waals surface area contributed by atoms with Crippen LogP contribution < -0.4 is 5.32 Å². The van der Waals surface area contributed by atoms with Crippen LogP contribution in [-0.2, 0) is 19.5 Å². The van der Waals surface area contributed by atoms with Crippen LogP contribution in [0, 0.1) is 5.82 Å². The number of benzene rings is 2. The standard InChI is InChI=1S/C16H17ClFN/c1-2-12-3-5-13(6-4-12)10-19-11-14-9-15(18)7-8-16(14)17/h3-9,19H,2,10-11H2,1H3. The molecule has 0 aliphatic rings. The van der Waals surface area contributed by atoms with Crippen molar-refractivity contribution in [1.82, 2.24) is 5.32 Å². The monoisotopic (exact) mass is 277 g/mol. The van der Waals surface area contributed by atoms with Crippen LogP contribution >= 0.6 is 11.6 Å². The Labute approximate surface area is 118 Å². The van der Waals surface area contributed by atoms with Crippen LogP contribution in [0.1, 0.15) is 23.6 Å². The summed E-state index contributed by atoms with van der Waals surface area (Å²) in [6, 6.07) is 12.9. The van der Waals surface area contributed by atoms with Crippen LogP contribution in [-0.4, -0.2) is 0 Å². The molecule has 0 saturated carbocycles. The van der Waals surface area contributed by atoms with Crippen LogP contribution in [0.2, 0.25) is 5.02 Å². The van der Waals surface area contributed by atoms with Gasteiger partial charge in [-0.25, -0.2) is 4.39 Å². The summed E-state index contributed by atoms with van der Waals surface area (Å²) in [7, 11) is 0. The molecule has 0 aliphatic carbocycles. The highest BCUT2D eigenvalue weighted by Gasteiger charge is 2.02. The minimum Gasteiger partial charge on any atom is -0.309 e. The van der Waals surface area contributed by atoms with Gasteiger partial charge in [0, 0.05) is 18.1 Å². The Balaban J connectivity index is 1.90. The van der Waals surface area contributed by atoms with E-state index in [4.69, 9.17) is 11.6 Å². The Bertz CT molecular complexity index is 537. The Morgan fingerprint density at radius 1 is 1.00 bits per heavy atom. The first-order chi connectivity index (χ1) is 9.19. The quantitative estimate of drug-likeness (QED) is 0.858. The molecule has 1 N–H and O–H groups in total. The van der Waals surface area contributed by atoms with Gasteiger partial charge in [0.2, 0.25) is 0 Å². The van der Waals surface area contributed by atoms with E-state index in [-0.39, 0.29) is 5.82 Å². The van der Waals surface area contributed by atoms with E-state index in [0.717, 1.165) is 18.5 Å². The van der Waals surface area contributed by atoms with Crippen molar-refractivity contribution < 1.29 is 4.39 Å². The molecule has 0 saturated heterocycles. The van der Waals surface area contributed by atoms with Crippen LogP contribution in [0.15, 0.2) is 42.5 Å². The van der Waals surface area contributed by atoms with Crippen LogP contribution in [0.5, 0.6) is 0 Å². The second-order valence-corrected chi connectivity index (χ2v) is 4.92. The lowest BCUT2D eigenvalue weighted by molar-refractivity contribution is 0.620. The number of nitrogens with one attached hydrogen (secondary N) is 1. The Morgan fingerprint density at radius 3 is 2.37 bits per heavy atom. The highest BCUT2D eigenvalue weighted by atomic mass is 35.5. The van der Waals surface area contributed by atoms with Crippen molar-refractivity contribution in [2.24, 2.45) is 0 Å². The van der Waals surface area contributed by atoms with Crippen molar-refractivity contribution in [1.29, 1.82) is 0 Å². The molecule has 3 heteroatoms. The number of halogens is 2. The van der Waals surface area contributed by atoms with E-state index < -0.39 is 0 Å². The van der Waals surface area contributed by atoms with Crippen LogP contribution in [0.25, 0.3) is 0 Å². The SMILES string of the molecule is CCc1ccc(CNCc2cc(F)ccc2Cl)cc1. The van der Waals surface area contributed by atoms with Gasteiger partial charge in [-0.3, -0.25) is 0 Å². The fourth-order valence-electron chi connectivity index (χ4n) is 1.91. The number of aryl methyl sites for hydroxylation is 1. The third kappa shape index (κ3) is 4.05. The molecule has 2 aromatic carbocycles. The molecule has 0 amide bonds. The fourth-order valence-corrected chi connectivity index (χ4v) is 2.10. The molecule has 2 rings (SSSR count). The van der Waals surface area contributed by atoms with Crippen LogP contribution in [0.4, 0.5) is 4.39 Å². The van der Waals surface area contributed by atoms with Gasteiger partial charge in [0.15, 0.2) is 0 Å². The summed E-state index contributed by atoms with van der Waals surface area (Å²) in [6.45, 7) is 3.45. The lowest BCUT2D eigenvalue weighted by atomic mass is 10.1. The van der Waals surface area contributed by atoms with Gasteiger partial charge in [0.1, 0.15) is 5.82 Å². The van der Waals surface area contributed by atoms with Crippen molar-refractivity contribution >= 4 is 11.6 Å².